The van der Waals surface area contributed by atoms with Crippen LogP contribution in [0.2, 0.25) is 0 Å². The normalized spacial score (nSPS) is 10.6. The lowest BCUT2D eigenvalue weighted by Gasteiger charge is -2.06. The monoisotopic (exact) mass is 348 g/mol. The van der Waals surface area contributed by atoms with Crippen molar-refractivity contribution in [3.63, 3.8) is 0 Å². The van der Waals surface area contributed by atoms with Gasteiger partial charge in [0, 0.05) is 0 Å². The Morgan fingerprint density at radius 2 is 1.24 bits per heavy atom. The number of hydrogen-bond donors (Lipinski definition) is 0. The Hall–Kier alpha value is -1.51. The fourth-order valence-corrected chi connectivity index (χ4v) is 2.84. The van der Waals surface area contributed by atoms with Crippen molar-refractivity contribution in [1.82, 2.24) is 0 Å². The van der Waals surface area contributed by atoms with Crippen molar-refractivity contribution >= 4 is 6.16 Å². The van der Waals surface area contributed by atoms with Gasteiger partial charge in [0.15, 0.2) is 0 Å². The Balaban J connectivity index is 1.79. The van der Waals surface area contributed by atoms with Gasteiger partial charge in [0.05, 0.1) is 13.2 Å². The molecular formula is C22H36O3. The van der Waals surface area contributed by atoms with E-state index in [0.29, 0.717) is 13.2 Å². The van der Waals surface area contributed by atoms with Gasteiger partial charge < -0.3 is 9.47 Å². The summed E-state index contributed by atoms with van der Waals surface area (Å²) in [5.74, 6) is 0. The molecule has 0 aromatic heterocycles. The number of carbonyl (C=O) groups is 1. The summed E-state index contributed by atoms with van der Waals surface area (Å²) in [5, 5.41) is 0. The van der Waals surface area contributed by atoms with Gasteiger partial charge in [-0.15, -0.1) is 0 Å². The summed E-state index contributed by atoms with van der Waals surface area (Å²) in [6.45, 7) is 3.17. The van der Waals surface area contributed by atoms with Crippen LogP contribution in [0.15, 0.2) is 30.3 Å². The number of aryl methyl sites for hydroxylation is 1. The first-order valence-corrected chi connectivity index (χ1v) is 10.2. The molecule has 0 saturated carbocycles. The molecule has 1 aromatic rings. The first kappa shape index (κ1) is 21.5. The fourth-order valence-electron chi connectivity index (χ4n) is 2.84. The standard InChI is InChI=1S/C22H36O3/c1-2-3-4-8-14-19-24-22(23)25-20-15-9-6-5-7-11-16-21-17-12-10-13-18-21/h10,12-13,17-18H,2-9,11,14-16,19-20H2,1H3. The topological polar surface area (TPSA) is 35.5 Å². The van der Waals surface area contributed by atoms with E-state index in [1.54, 1.807) is 0 Å². The summed E-state index contributed by atoms with van der Waals surface area (Å²) in [6, 6.07) is 10.7. The minimum Gasteiger partial charge on any atom is -0.434 e. The number of rotatable bonds is 15. The molecule has 0 spiro atoms. The third-order valence-corrected chi connectivity index (χ3v) is 4.39. The Morgan fingerprint density at radius 1 is 0.720 bits per heavy atom. The lowest BCUT2D eigenvalue weighted by molar-refractivity contribution is 0.0529. The highest BCUT2D eigenvalue weighted by molar-refractivity contribution is 5.59. The van der Waals surface area contributed by atoms with Crippen molar-refractivity contribution in [3.05, 3.63) is 35.9 Å². The van der Waals surface area contributed by atoms with Crippen LogP contribution in [0.3, 0.4) is 0 Å². The lowest BCUT2D eigenvalue weighted by Crippen LogP contribution is -2.09. The van der Waals surface area contributed by atoms with Gasteiger partial charge in [0.2, 0.25) is 0 Å². The zero-order valence-corrected chi connectivity index (χ0v) is 16.0. The summed E-state index contributed by atoms with van der Waals surface area (Å²) >= 11 is 0. The highest BCUT2D eigenvalue weighted by Crippen LogP contribution is 2.10. The van der Waals surface area contributed by atoms with Crippen LogP contribution < -0.4 is 0 Å². The van der Waals surface area contributed by atoms with Crippen molar-refractivity contribution in [1.29, 1.82) is 0 Å². The Labute approximate surface area is 154 Å². The van der Waals surface area contributed by atoms with Crippen molar-refractivity contribution in [2.24, 2.45) is 0 Å². The number of hydrogen-bond acceptors (Lipinski definition) is 3. The molecule has 3 nitrogen and oxygen atoms in total. The molecule has 0 fully saturated rings. The third-order valence-electron chi connectivity index (χ3n) is 4.39. The fraction of sp³-hybridized carbons (Fsp3) is 0.682. The molecule has 0 aliphatic carbocycles. The molecule has 0 amide bonds. The molecule has 0 bridgehead atoms. The maximum Gasteiger partial charge on any atom is 0.508 e. The predicted molar refractivity (Wildman–Crippen MR) is 104 cm³/mol. The van der Waals surface area contributed by atoms with Gasteiger partial charge in [-0.2, -0.15) is 0 Å². The van der Waals surface area contributed by atoms with Crippen LogP contribution in [0.5, 0.6) is 0 Å². The molecule has 0 saturated heterocycles. The average Bonchev–Trinajstić information content (AvgIpc) is 2.64. The summed E-state index contributed by atoms with van der Waals surface area (Å²) in [7, 11) is 0. The minimum atomic E-state index is -0.502. The maximum absolute atomic E-state index is 11.4. The van der Waals surface area contributed by atoms with Crippen molar-refractivity contribution in [3.8, 4) is 0 Å². The minimum absolute atomic E-state index is 0.485. The molecule has 0 radical (unpaired) electrons. The van der Waals surface area contributed by atoms with Crippen LogP contribution in [0.1, 0.15) is 83.1 Å². The van der Waals surface area contributed by atoms with Crippen molar-refractivity contribution in [2.75, 3.05) is 13.2 Å². The molecule has 142 valence electrons. The zero-order chi connectivity index (χ0) is 18.0. The molecule has 0 N–H and O–H groups in total. The van der Waals surface area contributed by atoms with Gasteiger partial charge in [-0.3, -0.25) is 0 Å². The van der Waals surface area contributed by atoms with Gasteiger partial charge in [-0.05, 0) is 31.2 Å². The quantitative estimate of drug-likeness (QED) is 0.261. The molecule has 0 unspecified atom stereocenters. The number of benzene rings is 1. The van der Waals surface area contributed by atoms with Gasteiger partial charge in [-0.1, -0.05) is 88.6 Å². The highest BCUT2D eigenvalue weighted by Gasteiger charge is 2.03. The Morgan fingerprint density at radius 3 is 1.84 bits per heavy atom. The van der Waals surface area contributed by atoms with E-state index in [1.165, 1.54) is 56.9 Å². The molecule has 3 heteroatoms. The summed E-state index contributed by atoms with van der Waals surface area (Å²) < 4.78 is 10.2. The Kier molecular flexibility index (Phi) is 13.8. The van der Waals surface area contributed by atoms with Crippen LogP contribution in [-0.2, 0) is 15.9 Å². The van der Waals surface area contributed by atoms with E-state index in [2.05, 4.69) is 37.3 Å². The van der Waals surface area contributed by atoms with Crippen LogP contribution in [0.25, 0.3) is 0 Å². The second kappa shape index (κ2) is 16.0. The van der Waals surface area contributed by atoms with Gasteiger partial charge in [0.25, 0.3) is 0 Å². The van der Waals surface area contributed by atoms with E-state index in [-0.39, 0.29) is 0 Å². The molecule has 1 rings (SSSR count). The van der Waals surface area contributed by atoms with E-state index >= 15 is 0 Å². The summed E-state index contributed by atoms with van der Waals surface area (Å²) in [4.78, 5) is 11.4. The molecule has 0 aliphatic heterocycles. The number of carbonyl (C=O) groups excluding carboxylic acids is 1. The number of unbranched alkanes of at least 4 members (excludes halogenated alkanes) is 9. The second-order valence-corrected chi connectivity index (χ2v) is 6.72. The Bertz CT molecular complexity index is 417. The molecular weight excluding hydrogens is 312 g/mol. The maximum atomic E-state index is 11.4. The van der Waals surface area contributed by atoms with E-state index < -0.39 is 6.16 Å². The number of ether oxygens (including phenoxy) is 2. The average molecular weight is 349 g/mol. The van der Waals surface area contributed by atoms with Gasteiger partial charge >= 0.3 is 6.16 Å². The predicted octanol–water partition coefficient (Wildman–Crippen LogP) is 6.69. The zero-order valence-electron chi connectivity index (χ0n) is 16.0. The van der Waals surface area contributed by atoms with E-state index in [9.17, 15) is 4.79 Å². The first-order chi connectivity index (χ1) is 12.3. The van der Waals surface area contributed by atoms with Crippen LogP contribution >= 0.6 is 0 Å². The molecule has 0 aliphatic rings. The molecule has 1 aromatic carbocycles. The van der Waals surface area contributed by atoms with E-state index in [0.717, 1.165) is 25.7 Å². The highest BCUT2D eigenvalue weighted by atomic mass is 16.7. The second-order valence-electron chi connectivity index (χ2n) is 6.72. The third kappa shape index (κ3) is 13.5. The van der Waals surface area contributed by atoms with Crippen LogP contribution in [0.4, 0.5) is 4.79 Å². The van der Waals surface area contributed by atoms with Crippen LogP contribution in [0, 0.1) is 0 Å². The van der Waals surface area contributed by atoms with Gasteiger partial charge in [0.1, 0.15) is 0 Å². The van der Waals surface area contributed by atoms with Crippen molar-refractivity contribution < 1.29 is 14.3 Å². The van der Waals surface area contributed by atoms with E-state index in [4.69, 9.17) is 9.47 Å². The van der Waals surface area contributed by atoms with Crippen LogP contribution in [-0.4, -0.2) is 19.4 Å². The largest absolute Gasteiger partial charge is 0.508 e. The lowest BCUT2D eigenvalue weighted by atomic mass is 10.1. The summed E-state index contributed by atoms with van der Waals surface area (Å²) in [6.07, 6.45) is 13.5. The molecule has 25 heavy (non-hydrogen) atoms. The molecule has 0 heterocycles. The van der Waals surface area contributed by atoms with Gasteiger partial charge in [-0.25, -0.2) is 4.79 Å². The van der Waals surface area contributed by atoms with E-state index in [1.807, 2.05) is 0 Å². The smallest absolute Gasteiger partial charge is 0.434 e. The first-order valence-electron chi connectivity index (χ1n) is 10.2. The summed E-state index contributed by atoms with van der Waals surface area (Å²) in [5.41, 5.74) is 1.43. The molecule has 0 atom stereocenters. The van der Waals surface area contributed by atoms with Crippen molar-refractivity contribution in [2.45, 2.75) is 84.0 Å². The SMILES string of the molecule is CCCCCCCOC(=O)OCCCCCCCCc1ccccc1.